The number of hydrogen-bond acceptors (Lipinski definition) is 5. The molecule has 2 aliphatic rings. The number of pyridine rings is 1. The largest absolute Gasteiger partial charge is 0.490 e. The van der Waals surface area contributed by atoms with Crippen molar-refractivity contribution >= 4 is 17.6 Å². The first-order chi connectivity index (χ1) is 15.6. The fourth-order valence-electron chi connectivity index (χ4n) is 4.36. The van der Waals surface area contributed by atoms with E-state index in [0.29, 0.717) is 18.5 Å². The molecule has 1 N–H and O–H groups in total. The van der Waals surface area contributed by atoms with Gasteiger partial charge in [-0.3, -0.25) is 9.78 Å². The molecule has 1 amide bonds. The van der Waals surface area contributed by atoms with E-state index in [4.69, 9.17) is 15.2 Å². The molecule has 1 spiro atoms. The maximum Gasteiger partial charge on any atom is 0.490 e. The van der Waals surface area contributed by atoms with E-state index in [1.54, 1.807) is 12.3 Å². The number of aromatic nitrogens is 1. The summed E-state index contributed by atoms with van der Waals surface area (Å²) in [5.41, 5.74) is 2.62. The van der Waals surface area contributed by atoms with Crippen molar-refractivity contribution in [1.82, 2.24) is 9.88 Å². The molecule has 3 heterocycles. The van der Waals surface area contributed by atoms with E-state index in [2.05, 4.69) is 22.0 Å². The zero-order valence-corrected chi connectivity index (χ0v) is 17.8. The number of carbonyl (C=O) groups excluding carboxylic acids is 1. The number of likely N-dealkylation sites (tertiary alicyclic amines) is 1. The average Bonchev–Trinajstić information content (AvgIpc) is 3.09. The molecule has 0 bridgehead atoms. The molecule has 33 heavy (non-hydrogen) atoms. The predicted molar refractivity (Wildman–Crippen MR) is 113 cm³/mol. The summed E-state index contributed by atoms with van der Waals surface area (Å²) in [7, 11) is 0. The van der Waals surface area contributed by atoms with Gasteiger partial charge in [0.05, 0.1) is 35.5 Å². The third kappa shape index (κ3) is 5.80. The van der Waals surface area contributed by atoms with Gasteiger partial charge in [0, 0.05) is 25.8 Å². The summed E-state index contributed by atoms with van der Waals surface area (Å²) in [6.45, 7) is 2.27. The molecule has 0 saturated carbocycles. The highest BCUT2D eigenvalue weighted by atomic mass is 19.4. The summed E-state index contributed by atoms with van der Waals surface area (Å²) in [6.07, 6.45) is 2.49. The van der Waals surface area contributed by atoms with Crippen molar-refractivity contribution in [3.63, 3.8) is 0 Å². The van der Waals surface area contributed by atoms with Crippen LogP contribution >= 0.6 is 0 Å². The zero-order chi connectivity index (χ0) is 24.1. The van der Waals surface area contributed by atoms with Crippen molar-refractivity contribution in [2.45, 2.75) is 43.9 Å². The number of nitrogens with zero attached hydrogens (tertiary/aromatic N) is 4. The lowest BCUT2D eigenvalue weighted by Crippen LogP contribution is -2.53. The molecule has 2 aliphatic heterocycles. The van der Waals surface area contributed by atoms with E-state index >= 15 is 0 Å². The first-order valence-corrected chi connectivity index (χ1v) is 10.4. The van der Waals surface area contributed by atoms with Crippen LogP contribution in [-0.4, -0.2) is 51.7 Å². The number of amides is 1. The first kappa shape index (κ1) is 24.0. The number of nitriles is 1. The van der Waals surface area contributed by atoms with Gasteiger partial charge in [-0.2, -0.15) is 18.4 Å². The number of aliphatic carboxylic acids is 1. The van der Waals surface area contributed by atoms with E-state index in [9.17, 15) is 18.0 Å². The lowest BCUT2D eigenvalue weighted by molar-refractivity contribution is -0.192. The molecule has 0 radical (unpaired) electrons. The molecule has 1 aromatic heterocycles. The molecule has 1 atom stereocenters. The Hall–Kier alpha value is -3.61. The SMILES string of the molecule is N#Cc1cccc(CN2CC3(CCCCN3c3cccnc3)CC2=O)c1.O=C(O)C(F)(F)F. The second-order valence-electron chi connectivity index (χ2n) is 8.09. The van der Waals surface area contributed by atoms with Crippen molar-refractivity contribution in [2.24, 2.45) is 0 Å². The van der Waals surface area contributed by atoms with Gasteiger partial charge in [0.15, 0.2) is 0 Å². The van der Waals surface area contributed by atoms with E-state index in [1.807, 2.05) is 35.4 Å². The van der Waals surface area contributed by atoms with Gasteiger partial charge < -0.3 is 14.9 Å². The number of piperidine rings is 1. The van der Waals surface area contributed by atoms with Crippen LogP contribution < -0.4 is 4.90 Å². The predicted octanol–water partition coefficient (Wildman–Crippen LogP) is 3.75. The van der Waals surface area contributed by atoms with Gasteiger partial charge in [0.25, 0.3) is 0 Å². The van der Waals surface area contributed by atoms with Crippen LogP contribution in [0.15, 0.2) is 48.8 Å². The number of carboxylic acids is 1. The minimum absolute atomic E-state index is 0.134. The van der Waals surface area contributed by atoms with E-state index in [-0.39, 0.29) is 11.4 Å². The topological polar surface area (TPSA) is 97.5 Å². The Labute approximate surface area is 189 Å². The van der Waals surface area contributed by atoms with Gasteiger partial charge in [-0.25, -0.2) is 4.79 Å². The number of alkyl halides is 3. The van der Waals surface area contributed by atoms with E-state index in [0.717, 1.165) is 43.6 Å². The van der Waals surface area contributed by atoms with Crippen molar-refractivity contribution in [1.29, 1.82) is 5.26 Å². The van der Waals surface area contributed by atoms with Crippen molar-refractivity contribution < 1.29 is 27.9 Å². The number of halogens is 3. The molecular weight excluding hydrogens is 437 g/mol. The molecule has 2 aromatic rings. The summed E-state index contributed by atoms with van der Waals surface area (Å²) in [5, 5.41) is 16.2. The molecule has 0 aliphatic carbocycles. The molecule has 7 nitrogen and oxygen atoms in total. The lowest BCUT2D eigenvalue weighted by atomic mass is 9.85. The summed E-state index contributed by atoms with van der Waals surface area (Å²) in [5.74, 6) is -2.56. The van der Waals surface area contributed by atoms with Crippen LogP contribution in [0.4, 0.5) is 18.9 Å². The van der Waals surface area contributed by atoms with Crippen LogP contribution in [0.1, 0.15) is 36.8 Å². The highest BCUT2D eigenvalue weighted by Gasteiger charge is 2.48. The third-order valence-electron chi connectivity index (χ3n) is 5.79. The van der Waals surface area contributed by atoms with Gasteiger partial charge in [0.1, 0.15) is 0 Å². The van der Waals surface area contributed by atoms with Crippen molar-refractivity contribution in [2.75, 3.05) is 18.0 Å². The Bertz CT molecular complexity index is 1040. The molecule has 2 fully saturated rings. The fraction of sp³-hybridized carbons (Fsp3) is 0.391. The van der Waals surface area contributed by atoms with Crippen molar-refractivity contribution in [3.8, 4) is 6.07 Å². The van der Waals surface area contributed by atoms with Crippen LogP contribution in [0.25, 0.3) is 0 Å². The van der Waals surface area contributed by atoms with Gasteiger partial charge in [-0.15, -0.1) is 0 Å². The normalized spacial score (nSPS) is 20.2. The van der Waals surface area contributed by atoms with Gasteiger partial charge in [0.2, 0.25) is 5.91 Å². The number of carbonyl (C=O) groups is 2. The Balaban J connectivity index is 0.000000383. The van der Waals surface area contributed by atoms with Crippen molar-refractivity contribution in [3.05, 3.63) is 59.9 Å². The molecule has 2 saturated heterocycles. The number of benzene rings is 1. The monoisotopic (exact) mass is 460 g/mol. The quantitative estimate of drug-likeness (QED) is 0.749. The summed E-state index contributed by atoms with van der Waals surface area (Å²) in [6, 6.07) is 13.7. The number of carboxylic acid groups (broad SMARTS) is 1. The zero-order valence-electron chi connectivity index (χ0n) is 17.8. The second-order valence-corrected chi connectivity index (χ2v) is 8.09. The summed E-state index contributed by atoms with van der Waals surface area (Å²) in [4.78, 5) is 30.3. The molecule has 10 heteroatoms. The minimum atomic E-state index is -5.08. The first-order valence-electron chi connectivity index (χ1n) is 10.4. The van der Waals surface area contributed by atoms with Gasteiger partial charge in [-0.1, -0.05) is 12.1 Å². The molecular formula is C23H23F3N4O3. The lowest BCUT2D eigenvalue weighted by Gasteiger charge is -2.45. The standard InChI is InChI=1S/C21H22N4O.C2HF3O2/c22-13-17-5-3-6-18(11-17)15-24-16-21(12-20(24)26)8-1-2-10-25(21)19-7-4-9-23-14-19;3-2(4,5)1(6)7/h3-7,9,11,14H,1-2,8,10,12,15-16H2;(H,6,7). The fourth-order valence-corrected chi connectivity index (χ4v) is 4.36. The highest BCUT2D eigenvalue weighted by molar-refractivity contribution is 5.81. The number of rotatable bonds is 3. The van der Waals surface area contributed by atoms with E-state index < -0.39 is 12.1 Å². The Morgan fingerprint density at radius 1 is 1.24 bits per heavy atom. The summed E-state index contributed by atoms with van der Waals surface area (Å²) < 4.78 is 31.7. The van der Waals surface area contributed by atoms with E-state index in [1.165, 1.54) is 0 Å². The van der Waals surface area contributed by atoms with Crippen LogP contribution in [0.5, 0.6) is 0 Å². The second kappa shape index (κ2) is 9.90. The Morgan fingerprint density at radius 3 is 2.64 bits per heavy atom. The summed E-state index contributed by atoms with van der Waals surface area (Å²) >= 11 is 0. The van der Waals surface area contributed by atoms with Crippen LogP contribution in [0.2, 0.25) is 0 Å². The maximum absolute atomic E-state index is 12.8. The number of anilines is 1. The van der Waals surface area contributed by atoms with Crippen LogP contribution in [0.3, 0.4) is 0 Å². The molecule has 1 aromatic carbocycles. The average molecular weight is 460 g/mol. The minimum Gasteiger partial charge on any atom is -0.475 e. The van der Waals surface area contributed by atoms with Crippen LogP contribution in [-0.2, 0) is 16.1 Å². The Morgan fingerprint density at radius 2 is 2.00 bits per heavy atom. The highest BCUT2D eigenvalue weighted by Crippen LogP contribution is 2.40. The van der Waals surface area contributed by atoms with Crippen LogP contribution in [0, 0.1) is 11.3 Å². The smallest absolute Gasteiger partial charge is 0.475 e. The van der Waals surface area contributed by atoms with Gasteiger partial charge in [-0.05, 0) is 49.1 Å². The molecule has 4 rings (SSSR count). The third-order valence-corrected chi connectivity index (χ3v) is 5.79. The Kier molecular flexibility index (Phi) is 7.21. The molecule has 1 unspecified atom stereocenters. The maximum atomic E-state index is 12.8. The molecule has 174 valence electrons. The number of hydrogen-bond donors (Lipinski definition) is 1. The van der Waals surface area contributed by atoms with Gasteiger partial charge >= 0.3 is 12.1 Å².